The zero-order valence-corrected chi connectivity index (χ0v) is 8.41. The molecule has 0 unspecified atom stereocenters. The van der Waals surface area contributed by atoms with E-state index in [9.17, 15) is 0 Å². The van der Waals surface area contributed by atoms with Gasteiger partial charge in [0.05, 0.1) is 18.1 Å². The van der Waals surface area contributed by atoms with Gasteiger partial charge < -0.3 is 0 Å². The van der Waals surface area contributed by atoms with E-state index in [0.717, 1.165) is 11.3 Å². The second kappa shape index (κ2) is 3.66. The number of nitrogens with zero attached hydrogens (tertiary/aromatic N) is 4. The molecule has 0 bridgehead atoms. The van der Waals surface area contributed by atoms with Crippen LogP contribution in [0, 0.1) is 0 Å². The van der Waals surface area contributed by atoms with Crippen LogP contribution in [0.4, 0.5) is 0 Å². The van der Waals surface area contributed by atoms with Crippen molar-refractivity contribution in [3.8, 4) is 11.3 Å². The van der Waals surface area contributed by atoms with E-state index in [2.05, 4.69) is 19.9 Å². The van der Waals surface area contributed by atoms with Gasteiger partial charge in [0.1, 0.15) is 11.8 Å². The summed E-state index contributed by atoms with van der Waals surface area (Å²) in [6.45, 7) is 0. The van der Waals surface area contributed by atoms with Crippen molar-refractivity contribution < 1.29 is 0 Å². The fourth-order valence-electron chi connectivity index (χ4n) is 1.51. The number of hydrogen-bond donors (Lipinski definition) is 0. The van der Waals surface area contributed by atoms with E-state index in [0.29, 0.717) is 11.2 Å². The Labute approximate surface area is 92.0 Å². The monoisotopic (exact) mass is 208 g/mol. The first-order chi connectivity index (χ1) is 7.93. The molecule has 2 heterocycles. The molecule has 0 saturated heterocycles. The van der Waals surface area contributed by atoms with Crippen LogP contribution in [0.3, 0.4) is 0 Å². The van der Waals surface area contributed by atoms with Crippen molar-refractivity contribution in [3.63, 3.8) is 0 Å². The summed E-state index contributed by atoms with van der Waals surface area (Å²) in [5, 5.41) is 0. The summed E-state index contributed by atoms with van der Waals surface area (Å²) < 4.78 is 0. The maximum Gasteiger partial charge on any atom is 0.181 e. The summed E-state index contributed by atoms with van der Waals surface area (Å²) in [7, 11) is 0. The maximum atomic E-state index is 4.43. The van der Waals surface area contributed by atoms with E-state index in [4.69, 9.17) is 0 Å². The van der Waals surface area contributed by atoms with Gasteiger partial charge in [-0.25, -0.2) is 19.9 Å². The summed E-state index contributed by atoms with van der Waals surface area (Å²) in [6.07, 6.45) is 4.87. The molecule has 0 saturated carbocycles. The average molecular weight is 208 g/mol. The third kappa shape index (κ3) is 1.50. The van der Waals surface area contributed by atoms with Crippen LogP contribution in [-0.2, 0) is 0 Å². The standard InChI is InChI=1S/C12H8N4/c1-2-4-9(5-3-1)10-7-14-11-6-13-8-15-12(11)16-10/h1-8H. The van der Waals surface area contributed by atoms with Crippen LogP contribution in [0.5, 0.6) is 0 Å². The van der Waals surface area contributed by atoms with Gasteiger partial charge in [0.2, 0.25) is 0 Å². The lowest BCUT2D eigenvalue weighted by Gasteiger charge is -2.00. The van der Waals surface area contributed by atoms with Gasteiger partial charge in [-0.3, -0.25) is 0 Å². The second-order valence-corrected chi connectivity index (χ2v) is 3.35. The van der Waals surface area contributed by atoms with Gasteiger partial charge in [-0.1, -0.05) is 30.3 Å². The van der Waals surface area contributed by atoms with Gasteiger partial charge in [0.15, 0.2) is 5.65 Å². The van der Waals surface area contributed by atoms with Gasteiger partial charge in [-0.15, -0.1) is 0 Å². The summed E-state index contributed by atoms with van der Waals surface area (Å²) in [5.74, 6) is 0. The summed E-state index contributed by atoms with van der Waals surface area (Å²) >= 11 is 0. The number of benzene rings is 1. The summed E-state index contributed by atoms with van der Waals surface area (Å²) in [5.41, 5.74) is 3.20. The Bertz CT molecular complexity index is 622. The molecule has 0 radical (unpaired) electrons. The van der Waals surface area contributed by atoms with Gasteiger partial charge >= 0.3 is 0 Å². The average Bonchev–Trinajstić information content (AvgIpc) is 2.39. The van der Waals surface area contributed by atoms with Gasteiger partial charge in [0.25, 0.3) is 0 Å². The lowest BCUT2D eigenvalue weighted by Crippen LogP contribution is -1.91. The lowest BCUT2D eigenvalue weighted by atomic mass is 10.2. The van der Waals surface area contributed by atoms with Crippen LogP contribution in [0.15, 0.2) is 49.1 Å². The Balaban J connectivity index is 2.19. The quantitative estimate of drug-likeness (QED) is 0.614. The van der Waals surface area contributed by atoms with Crippen LogP contribution in [0.25, 0.3) is 22.4 Å². The molecule has 76 valence electrons. The van der Waals surface area contributed by atoms with Crippen molar-refractivity contribution in [1.29, 1.82) is 0 Å². The predicted molar refractivity (Wildman–Crippen MR) is 60.6 cm³/mol. The first kappa shape index (κ1) is 8.91. The van der Waals surface area contributed by atoms with E-state index < -0.39 is 0 Å². The van der Waals surface area contributed by atoms with E-state index in [1.807, 2.05) is 30.3 Å². The van der Waals surface area contributed by atoms with Crippen molar-refractivity contribution in [2.75, 3.05) is 0 Å². The first-order valence-electron chi connectivity index (χ1n) is 4.92. The Morgan fingerprint density at radius 2 is 1.75 bits per heavy atom. The molecule has 2 aromatic heterocycles. The Morgan fingerprint density at radius 3 is 2.62 bits per heavy atom. The maximum absolute atomic E-state index is 4.43. The second-order valence-electron chi connectivity index (χ2n) is 3.35. The van der Waals surface area contributed by atoms with E-state index in [1.165, 1.54) is 6.33 Å². The molecule has 0 amide bonds. The van der Waals surface area contributed by atoms with Crippen molar-refractivity contribution in [3.05, 3.63) is 49.1 Å². The topological polar surface area (TPSA) is 51.6 Å². The van der Waals surface area contributed by atoms with Gasteiger partial charge in [-0.2, -0.15) is 0 Å². The van der Waals surface area contributed by atoms with E-state index in [1.54, 1.807) is 12.4 Å². The van der Waals surface area contributed by atoms with E-state index >= 15 is 0 Å². The third-order valence-electron chi connectivity index (χ3n) is 2.29. The molecule has 0 aliphatic rings. The fraction of sp³-hybridized carbons (Fsp3) is 0. The smallest absolute Gasteiger partial charge is 0.181 e. The summed E-state index contributed by atoms with van der Waals surface area (Å²) in [4.78, 5) is 16.7. The molecule has 4 heteroatoms. The number of fused-ring (bicyclic) bond motifs is 1. The minimum absolute atomic E-state index is 0.622. The highest BCUT2D eigenvalue weighted by atomic mass is 14.9. The van der Waals surface area contributed by atoms with Crippen LogP contribution in [0.2, 0.25) is 0 Å². The predicted octanol–water partition coefficient (Wildman–Crippen LogP) is 2.09. The highest BCUT2D eigenvalue weighted by Crippen LogP contribution is 2.16. The molecule has 3 rings (SSSR count). The highest BCUT2D eigenvalue weighted by Gasteiger charge is 2.02. The Morgan fingerprint density at radius 1 is 0.875 bits per heavy atom. The minimum atomic E-state index is 0.622. The zero-order chi connectivity index (χ0) is 10.8. The first-order valence-corrected chi connectivity index (χ1v) is 4.92. The van der Waals surface area contributed by atoms with Crippen LogP contribution >= 0.6 is 0 Å². The summed E-state index contributed by atoms with van der Waals surface area (Å²) in [6, 6.07) is 9.91. The number of hydrogen-bond acceptors (Lipinski definition) is 4. The molecule has 0 spiro atoms. The zero-order valence-electron chi connectivity index (χ0n) is 8.41. The minimum Gasteiger partial charge on any atom is -0.249 e. The molecule has 0 fully saturated rings. The van der Waals surface area contributed by atoms with E-state index in [-0.39, 0.29) is 0 Å². The Hall–Kier alpha value is -2.36. The Kier molecular flexibility index (Phi) is 2.04. The number of aromatic nitrogens is 4. The van der Waals surface area contributed by atoms with Crippen molar-refractivity contribution in [2.45, 2.75) is 0 Å². The van der Waals surface area contributed by atoms with Gasteiger partial charge in [-0.05, 0) is 0 Å². The highest BCUT2D eigenvalue weighted by molar-refractivity contribution is 5.72. The fourth-order valence-corrected chi connectivity index (χ4v) is 1.51. The SMILES string of the molecule is c1ccc(-c2cnc3cncnc3n2)cc1. The van der Waals surface area contributed by atoms with Crippen LogP contribution in [-0.4, -0.2) is 19.9 Å². The van der Waals surface area contributed by atoms with Crippen molar-refractivity contribution in [1.82, 2.24) is 19.9 Å². The van der Waals surface area contributed by atoms with Crippen LogP contribution < -0.4 is 0 Å². The molecular weight excluding hydrogens is 200 g/mol. The molecular formula is C12H8N4. The lowest BCUT2D eigenvalue weighted by molar-refractivity contribution is 1.15. The van der Waals surface area contributed by atoms with Gasteiger partial charge in [0, 0.05) is 5.56 Å². The molecule has 0 aliphatic heterocycles. The molecule has 1 aromatic carbocycles. The molecule has 4 nitrogen and oxygen atoms in total. The molecule has 0 N–H and O–H groups in total. The third-order valence-corrected chi connectivity index (χ3v) is 2.29. The molecule has 16 heavy (non-hydrogen) atoms. The largest absolute Gasteiger partial charge is 0.249 e. The van der Waals surface area contributed by atoms with Crippen molar-refractivity contribution >= 4 is 11.2 Å². The normalized spacial score (nSPS) is 10.5. The molecule has 0 atom stereocenters. The molecule has 0 aliphatic carbocycles. The van der Waals surface area contributed by atoms with Crippen LogP contribution in [0.1, 0.15) is 0 Å². The van der Waals surface area contributed by atoms with Crippen molar-refractivity contribution in [2.24, 2.45) is 0 Å². The molecule has 3 aromatic rings. The number of rotatable bonds is 1.